The first-order chi connectivity index (χ1) is 40.8. The van der Waals surface area contributed by atoms with Crippen molar-refractivity contribution in [3.05, 3.63) is 246 Å². The number of thiophene rings is 3. The van der Waals surface area contributed by atoms with Gasteiger partial charge in [0.25, 0.3) is 0 Å². The van der Waals surface area contributed by atoms with E-state index in [0.29, 0.717) is 29.5 Å². The molecule has 4 aliphatic rings. The summed E-state index contributed by atoms with van der Waals surface area (Å²) in [5.41, 5.74) is 17.2. The number of aromatic nitrogens is 8. The van der Waals surface area contributed by atoms with Gasteiger partial charge in [-0.05, 0) is 217 Å². The molecule has 7 aromatic heterocycles. The van der Waals surface area contributed by atoms with Gasteiger partial charge in [0, 0.05) is 103 Å². The number of aliphatic hydroxyl groups excluding tert-OH is 1. The molecule has 88 heavy (non-hydrogen) atoms. The van der Waals surface area contributed by atoms with E-state index in [4.69, 9.17) is 5.73 Å². The third kappa shape index (κ3) is 21.1. The number of aliphatic hydroxyl groups is 1. The van der Waals surface area contributed by atoms with E-state index in [1.165, 1.54) is 70.6 Å². The number of nitrogens with one attached hydrogen (secondary N) is 5. The third-order valence-electron chi connectivity index (χ3n) is 15.4. The van der Waals surface area contributed by atoms with Gasteiger partial charge in [0.2, 0.25) is 0 Å². The van der Waals surface area contributed by atoms with Crippen LogP contribution in [0.1, 0.15) is 128 Å². The van der Waals surface area contributed by atoms with E-state index in [1.54, 1.807) is 82.7 Å². The summed E-state index contributed by atoms with van der Waals surface area (Å²) in [6, 6.07) is 20.4. The normalized spacial score (nSPS) is 17.2. The topological polar surface area (TPSA) is 198 Å². The number of nitrogens with two attached hydrogens (primary N) is 1. The van der Waals surface area contributed by atoms with Crippen LogP contribution in [0.4, 0.5) is 13.2 Å². The minimum absolute atomic E-state index is 0. The molecule has 0 aliphatic heterocycles. The van der Waals surface area contributed by atoms with E-state index in [2.05, 4.69) is 111 Å². The molecule has 3 radical (unpaired) electrons. The summed E-state index contributed by atoms with van der Waals surface area (Å²) < 4.78 is 39.8. The molecule has 0 fully saturated rings. The molecule has 4 unspecified atom stereocenters. The number of imidazole rings is 4. The van der Waals surface area contributed by atoms with Gasteiger partial charge >= 0.3 is 35.2 Å². The number of Topliss-reactive ketones (excluding diaryl/α,β-unsaturated/α-hetero) is 1. The van der Waals surface area contributed by atoms with E-state index in [0.717, 1.165) is 124 Å². The van der Waals surface area contributed by atoms with Crippen LogP contribution < -0.4 is 41.0 Å². The number of nitrogens with zero attached hydrogens (tertiary/aromatic N) is 3. The van der Waals surface area contributed by atoms with Crippen molar-refractivity contribution in [3.63, 3.8) is 0 Å². The number of rotatable bonds is 10. The molecule has 0 saturated heterocycles. The molecule has 12 nitrogen and oxygen atoms in total. The molecular weight excluding hydrogens is 1400 g/mol. The van der Waals surface area contributed by atoms with Crippen molar-refractivity contribution in [2.75, 3.05) is 0 Å². The van der Waals surface area contributed by atoms with Gasteiger partial charge in [0.1, 0.15) is 17.5 Å². The van der Waals surface area contributed by atoms with E-state index in [1.807, 2.05) is 41.2 Å². The second-order valence-electron chi connectivity index (χ2n) is 21.1. The first-order valence-corrected chi connectivity index (χ1v) is 33.2. The summed E-state index contributed by atoms with van der Waals surface area (Å²) in [6.45, 7) is 0.359. The number of ketones is 1. The average molecular weight is 1480 g/mol. The maximum absolute atomic E-state index is 13.1. The Kier molecular flexibility index (Phi) is 31.4. The molecule has 7 heterocycles. The molecule has 0 spiro atoms. The van der Waals surface area contributed by atoms with Crippen LogP contribution in [0.15, 0.2) is 146 Å². The van der Waals surface area contributed by atoms with Crippen molar-refractivity contribution in [1.82, 2.24) is 39.9 Å². The van der Waals surface area contributed by atoms with Crippen molar-refractivity contribution in [2.24, 2.45) is 23.5 Å². The number of carbonyl (C=O) groups excluding carboxylic acids is 1. The Bertz CT molecular complexity index is 3670. The number of benzene rings is 3. The smallest absolute Gasteiger partial charge is 1.00 e. The van der Waals surface area contributed by atoms with Crippen LogP contribution in [0.2, 0.25) is 0 Å². The summed E-state index contributed by atoms with van der Waals surface area (Å²) in [6.07, 6.45) is 25.7. The molecular formula is C64H71BBr3ClF3N9NaO3S3. The zero-order valence-corrected chi connectivity index (χ0v) is 57.9. The molecule has 461 valence electrons. The van der Waals surface area contributed by atoms with Gasteiger partial charge in [0.05, 0.1) is 25.1 Å². The van der Waals surface area contributed by atoms with Crippen LogP contribution in [-0.2, 0) is 69.7 Å². The van der Waals surface area contributed by atoms with Gasteiger partial charge in [-0.3, -0.25) is 4.79 Å². The van der Waals surface area contributed by atoms with E-state index in [-0.39, 0.29) is 94.4 Å². The van der Waals surface area contributed by atoms with Crippen LogP contribution in [0.5, 0.6) is 0 Å². The van der Waals surface area contributed by atoms with Gasteiger partial charge < -0.3 is 37.2 Å². The monoisotopic (exact) mass is 1470 g/mol. The van der Waals surface area contributed by atoms with Crippen molar-refractivity contribution in [3.8, 4) is 0 Å². The summed E-state index contributed by atoms with van der Waals surface area (Å²) in [5, 5.41) is 17.3. The molecule has 4 aliphatic carbocycles. The zero-order valence-electron chi connectivity index (χ0n) is 48.9. The molecule has 24 heteroatoms. The van der Waals surface area contributed by atoms with Crippen LogP contribution in [0.3, 0.4) is 0 Å². The predicted molar refractivity (Wildman–Crippen MR) is 360 cm³/mol. The molecule has 8 N–H and O–H groups in total. The molecule has 14 rings (SSSR count). The van der Waals surface area contributed by atoms with Gasteiger partial charge in [-0.25, -0.2) is 32.9 Å². The molecule has 0 saturated carbocycles. The second kappa shape index (κ2) is 37.2. The first-order valence-electron chi connectivity index (χ1n) is 27.8. The summed E-state index contributed by atoms with van der Waals surface area (Å²) in [4.78, 5) is 54.2. The summed E-state index contributed by atoms with van der Waals surface area (Å²) >= 11 is 15.2. The van der Waals surface area contributed by atoms with Crippen LogP contribution in [0.25, 0.3) is 0 Å². The number of carbonyl (C=O) groups is 1. The van der Waals surface area contributed by atoms with E-state index < -0.39 is 0 Å². The van der Waals surface area contributed by atoms with E-state index in [9.17, 15) is 27.9 Å². The van der Waals surface area contributed by atoms with Gasteiger partial charge in [-0.15, -0.1) is 46.4 Å². The molecule has 5 atom stereocenters. The van der Waals surface area contributed by atoms with Gasteiger partial charge in [0.15, 0.2) is 5.78 Å². The minimum Gasteiger partial charge on any atom is -1.00 e. The Morgan fingerprint density at radius 2 is 1.17 bits per heavy atom. The number of alkyl halides is 1. The Morgan fingerprint density at radius 1 is 0.614 bits per heavy atom. The number of H-pyrrole nitrogens is 5. The van der Waals surface area contributed by atoms with Gasteiger partial charge in [-0.2, -0.15) is 0 Å². The number of aromatic amines is 5. The predicted octanol–water partition coefficient (Wildman–Crippen LogP) is 13.0. The Balaban J connectivity index is 0.000000228. The fraction of sp³-hybridized carbons (Fsp3) is 0.328. The van der Waals surface area contributed by atoms with Crippen LogP contribution >= 0.6 is 94.2 Å². The number of hydrogen-bond donors (Lipinski definition) is 7. The van der Waals surface area contributed by atoms with Gasteiger partial charge in [-0.1, -0.05) is 61.3 Å². The number of aryl methyl sites for hydroxylation is 4. The van der Waals surface area contributed by atoms with E-state index >= 15 is 0 Å². The van der Waals surface area contributed by atoms with Crippen molar-refractivity contribution in [1.29, 1.82) is 0 Å². The molecule has 0 bridgehead atoms. The Hall–Kier alpha value is -4.43. The summed E-state index contributed by atoms with van der Waals surface area (Å²) in [5.74, 6) is 1.33. The number of fused-ring (bicyclic) bond motifs is 4. The molecule has 3 aromatic carbocycles. The number of halogens is 7. The number of hydrogen-bond acceptors (Lipinski definition) is 10. The fourth-order valence-corrected chi connectivity index (χ4v) is 15.5. The van der Waals surface area contributed by atoms with Crippen molar-refractivity contribution >= 4 is 108 Å². The maximum Gasteiger partial charge on any atom is 1.00 e. The molecule has 0 amide bonds. The fourth-order valence-electron chi connectivity index (χ4n) is 11.1. The zero-order chi connectivity index (χ0) is 59.0. The standard InChI is InChI=1S/C13H13FN2O.C12H14N2OS.C12H12N2OS.C12H14N2S.C7H5Br2F.C7H7BrFN.CH4.B.ClH.Na.H/c14-10-3-4-12-8(5-10)1-2-9(12)6-11-7-15-13(17)16-11;2*15-12-8(5-9-6-13-7-14-9)1-2-11-10(12)3-4-16-11;1-2-12-10(3-4-15-12)5-9(1)6-11-7-13-8-14-11;8-4-5-3-6(10)1-2-7(5)9;8-7-2-1-6(9)3-5(7)4-10;;;;;/h3-5,7,9H,1-2,6H2,(H2,15,16,17);3-4,6-8,12,15H,1-2,5H2,(H,13,14);3-4,6-8H,1-2,5H2,(H,13,14);3-4,7-9H,1-2,5-6H2,(H,13,14);1-3H,4H2;1-3H,4,10H2;1H4;;1H;;/q;;;;;;;;;+1;-1/t9-;;;;;;;;;;/m1........../s1. The quantitative estimate of drug-likeness (QED) is 0.0522. The first kappa shape index (κ1) is 74.3. The largest absolute Gasteiger partial charge is 1.00 e. The van der Waals surface area contributed by atoms with Crippen LogP contribution in [0, 0.1) is 35.2 Å². The van der Waals surface area contributed by atoms with Crippen molar-refractivity contribution in [2.45, 2.75) is 115 Å². The minimum atomic E-state index is -0.307. The van der Waals surface area contributed by atoms with Crippen LogP contribution in [-0.4, -0.2) is 59.2 Å². The SMILES string of the molecule is C.Cl.Fc1ccc(Br)c(CBr)c1.NCc1cc(F)ccc1Br.O=C1c2ccsc2CCC1Cc1cnc[nH]1.O=c1[nH]cc(C[C@H]2CCc3cc(F)ccc32)[nH]1.OC1c2ccsc2CCC1Cc1cnc[nH]1.[B].[H-].[Na+].c1ncc(CC2CCc3sccc3C2)[nH]1. The molecule has 10 aromatic rings. The Morgan fingerprint density at radius 3 is 1.80 bits per heavy atom. The Labute approximate surface area is 581 Å². The third-order valence-corrected chi connectivity index (χ3v) is 20.6. The average Bonchev–Trinajstić information content (AvgIpc) is 2.16. The maximum atomic E-state index is 13.1. The second-order valence-corrected chi connectivity index (χ2v) is 26.4. The summed E-state index contributed by atoms with van der Waals surface area (Å²) in [7, 11) is 0. The van der Waals surface area contributed by atoms with Crippen molar-refractivity contribution < 1.29 is 54.1 Å².